The molecule has 0 atom stereocenters. The molecule has 0 fully saturated rings. The lowest BCUT2D eigenvalue weighted by molar-refractivity contribution is 0.306. The molecule has 0 radical (unpaired) electrons. The van der Waals surface area contributed by atoms with Crippen molar-refractivity contribution >= 4 is 22.6 Å². The second kappa shape index (κ2) is 5.91. The molecule has 0 heterocycles. The van der Waals surface area contributed by atoms with Crippen molar-refractivity contribution in [2.75, 3.05) is 7.11 Å². The van der Waals surface area contributed by atoms with Crippen molar-refractivity contribution in [2.45, 2.75) is 6.61 Å². The molecule has 2 nitrogen and oxygen atoms in total. The molecule has 0 aliphatic carbocycles. The maximum Gasteiger partial charge on any atom is 0.119 e. The van der Waals surface area contributed by atoms with Crippen LogP contribution in [0.2, 0.25) is 0 Å². The zero-order valence-electron chi connectivity index (χ0n) is 9.52. The molecular formula is C14H13IO2. The molecule has 0 aliphatic heterocycles. The number of rotatable bonds is 4. The van der Waals surface area contributed by atoms with Gasteiger partial charge in [-0.2, -0.15) is 0 Å². The van der Waals surface area contributed by atoms with Crippen molar-refractivity contribution in [3.05, 3.63) is 57.7 Å². The summed E-state index contributed by atoms with van der Waals surface area (Å²) in [5, 5.41) is 0. The molecule has 0 saturated carbocycles. The van der Waals surface area contributed by atoms with E-state index in [1.807, 2.05) is 48.5 Å². The van der Waals surface area contributed by atoms with Gasteiger partial charge in [-0.1, -0.05) is 12.1 Å². The van der Waals surface area contributed by atoms with E-state index in [9.17, 15) is 0 Å². The van der Waals surface area contributed by atoms with E-state index in [0.29, 0.717) is 6.61 Å². The van der Waals surface area contributed by atoms with Crippen LogP contribution >= 0.6 is 22.6 Å². The van der Waals surface area contributed by atoms with Crippen molar-refractivity contribution in [1.29, 1.82) is 0 Å². The summed E-state index contributed by atoms with van der Waals surface area (Å²) in [7, 11) is 1.66. The summed E-state index contributed by atoms with van der Waals surface area (Å²) in [5.41, 5.74) is 1.13. The van der Waals surface area contributed by atoms with E-state index < -0.39 is 0 Å². The molecule has 2 aromatic rings. The largest absolute Gasteiger partial charge is 0.497 e. The maximum absolute atomic E-state index is 5.68. The van der Waals surface area contributed by atoms with Crippen molar-refractivity contribution in [3.8, 4) is 11.5 Å². The van der Waals surface area contributed by atoms with E-state index in [2.05, 4.69) is 22.6 Å². The number of halogens is 1. The number of hydrogen-bond donors (Lipinski definition) is 0. The highest BCUT2D eigenvalue weighted by Crippen LogP contribution is 2.16. The average Bonchev–Trinajstić information content (AvgIpc) is 2.39. The molecule has 17 heavy (non-hydrogen) atoms. The molecule has 0 spiro atoms. The molecule has 2 rings (SSSR count). The van der Waals surface area contributed by atoms with Crippen LogP contribution in [-0.2, 0) is 6.61 Å². The van der Waals surface area contributed by atoms with Crippen LogP contribution in [0.1, 0.15) is 5.56 Å². The first-order valence-electron chi connectivity index (χ1n) is 5.29. The highest BCUT2D eigenvalue weighted by Gasteiger charge is 1.97. The quantitative estimate of drug-likeness (QED) is 0.787. The van der Waals surface area contributed by atoms with Gasteiger partial charge in [0.05, 0.1) is 7.11 Å². The lowest BCUT2D eigenvalue weighted by Gasteiger charge is -2.07. The van der Waals surface area contributed by atoms with Gasteiger partial charge in [0.15, 0.2) is 0 Å². The Morgan fingerprint density at radius 2 is 1.47 bits per heavy atom. The Hall–Kier alpha value is -1.23. The summed E-state index contributed by atoms with van der Waals surface area (Å²) in [4.78, 5) is 0. The molecule has 0 aliphatic rings. The minimum Gasteiger partial charge on any atom is -0.497 e. The molecule has 0 aromatic heterocycles. The Bertz CT molecular complexity index is 463. The summed E-state index contributed by atoms with van der Waals surface area (Å²) < 4.78 is 12.0. The lowest BCUT2D eigenvalue weighted by atomic mass is 10.2. The van der Waals surface area contributed by atoms with Gasteiger partial charge in [-0.25, -0.2) is 0 Å². The Kier molecular flexibility index (Phi) is 4.25. The van der Waals surface area contributed by atoms with E-state index in [4.69, 9.17) is 9.47 Å². The van der Waals surface area contributed by atoms with E-state index in [1.165, 1.54) is 3.57 Å². The van der Waals surface area contributed by atoms with Gasteiger partial charge >= 0.3 is 0 Å². The SMILES string of the molecule is COc1ccc(COc2ccc(I)cc2)cc1. The van der Waals surface area contributed by atoms with Crippen LogP contribution in [0, 0.1) is 3.57 Å². The van der Waals surface area contributed by atoms with Gasteiger partial charge < -0.3 is 9.47 Å². The van der Waals surface area contributed by atoms with Gasteiger partial charge in [0.25, 0.3) is 0 Å². The molecule has 0 bridgehead atoms. The fraction of sp³-hybridized carbons (Fsp3) is 0.143. The smallest absolute Gasteiger partial charge is 0.119 e. The first kappa shape index (κ1) is 12.2. The van der Waals surface area contributed by atoms with Gasteiger partial charge in [-0.05, 0) is 64.6 Å². The summed E-state index contributed by atoms with van der Waals surface area (Å²) >= 11 is 2.27. The van der Waals surface area contributed by atoms with Crippen LogP contribution in [0.5, 0.6) is 11.5 Å². The van der Waals surface area contributed by atoms with Crippen molar-refractivity contribution < 1.29 is 9.47 Å². The normalized spacial score (nSPS) is 10.0. The first-order valence-corrected chi connectivity index (χ1v) is 6.37. The molecule has 2 aromatic carbocycles. The Morgan fingerprint density at radius 3 is 2.06 bits per heavy atom. The number of methoxy groups -OCH3 is 1. The van der Waals surface area contributed by atoms with E-state index in [1.54, 1.807) is 7.11 Å². The van der Waals surface area contributed by atoms with Crippen LogP contribution in [0.25, 0.3) is 0 Å². The molecule has 0 unspecified atom stereocenters. The summed E-state index contributed by atoms with van der Waals surface area (Å²) in [6.45, 7) is 0.574. The molecule has 0 amide bonds. The third kappa shape index (κ3) is 3.63. The van der Waals surface area contributed by atoms with E-state index in [-0.39, 0.29) is 0 Å². The minimum absolute atomic E-state index is 0.574. The number of hydrogen-bond acceptors (Lipinski definition) is 2. The molecule has 88 valence electrons. The maximum atomic E-state index is 5.68. The lowest BCUT2D eigenvalue weighted by Crippen LogP contribution is -1.95. The summed E-state index contributed by atoms with van der Waals surface area (Å²) in [6, 6.07) is 15.9. The monoisotopic (exact) mass is 340 g/mol. The zero-order chi connectivity index (χ0) is 12.1. The van der Waals surface area contributed by atoms with Crippen molar-refractivity contribution in [2.24, 2.45) is 0 Å². The predicted molar refractivity (Wildman–Crippen MR) is 76.5 cm³/mol. The molecule has 3 heteroatoms. The van der Waals surface area contributed by atoms with Gasteiger partial charge in [-0.3, -0.25) is 0 Å². The van der Waals surface area contributed by atoms with Crippen molar-refractivity contribution in [1.82, 2.24) is 0 Å². The Balaban J connectivity index is 1.95. The first-order chi connectivity index (χ1) is 8.28. The fourth-order valence-corrected chi connectivity index (χ4v) is 1.78. The van der Waals surface area contributed by atoms with Gasteiger partial charge in [-0.15, -0.1) is 0 Å². The summed E-state index contributed by atoms with van der Waals surface area (Å²) in [5.74, 6) is 1.75. The highest BCUT2D eigenvalue weighted by atomic mass is 127. The summed E-state index contributed by atoms with van der Waals surface area (Å²) in [6.07, 6.45) is 0. The van der Waals surface area contributed by atoms with Gasteiger partial charge in [0.2, 0.25) is 0 Å². The third-order valence-electron chi connectivity index (χ3n) is 2.38. The zero-order valence-corrected chi connectivity index (χ0v) is 11.7. The third-order valence-corrected chi connectivity index (χ3v) is 3.10. The van der Waals surface area contributed by atoms with Crippen LogP contribution < -0.4 is 9.47 Å². The minimum atomic E-state index is 0.574. The Labute approximate surface area is 115 Å². The Morgan fingerprint density at radius 1 is 0.882 bits per heavy atom. The van der Waals surface area contributed by atoms with Gasteiger partial charge in [0, 0.05) is 3.57 Å². The number of ether oxygens (including phenoxy) is 2. The second-order valence-corrected chi connectivity index (χ2v) is 4.84. The fourth-order valence-electron chi connectivity index (χ4n) is 1.42. The van der Waals surface area contributed by atoms with Crippen molar-refractivity contribution in [3.63, 3.8) is 0 Å². The van der Waals surface area contributed by atoms with Gasteiger partial charge in [0.1, 0.15) is 18.1 Å². The van der Waals surface area contributed by atoms with Crippen LogP contribution in [0.15, 0.2) is 48.5 Å². The van der Waals surface area contributed by atoms with Crippen LogP contribution in [0.3, 0.4) is 0 Å². The highest BCUT2D eigenvalue weighted by molar-refractivity contribution is 14.1. The second-order valence-electron chi connectivity index (χ2n) is 3.59. The average molecular weight is 340 g/mol. The molecule has 0 N–H and O–H groups in total. The molecule has 0 saturated heterocycles. The van der Waals surface area contributed by atoms with E-state index >= 15 is 0 Å². The molecular weight excluding hydrogens is 327 g/mol. The standard InChI is InChI=1S/C14H13IO2/c1-16-13-6-2-11(3-7-13)10-17-14-8-4-12(15)5-9-14/h2-9H,10H2,1H3. The van der Waals surface area contributed by atoms with Crippen LogP contribution in [0.4, 0.5) is 0 Å². The topological polar surface area (TPSA) is 18.5 Å². The van der Waals surface area contributed by atoms with Crippen LogP contribution in [-0.4, -0.2) is 7.11 Å². The predicted octanol–water partition coefficient (Wildman–Crippen LogP) is 3.88. The van der Waals surface area contributed by atoms with E-state index in [0.717, 1.165) is 17.1 Å². The number of benzene rings is 2.